The molecular formula is C13H20FNO2. The zero-order valence-corrected chi connectivity index (χ0v) is 10.4. The van der Waals surface area contributed by atoms with Crippen LogP contribution in [-0.2, 0) is 10.3 Å². The van der Waals surface area contributed by atoms with E-state index in [0.717, 1.165) is 0 Å². The van der Waals surface area contributed by atoms with Gasteiger partial charge in [0.15, 0.2) is 0 Å². The average molecular weight is 241 g/mol. The van der Waals surface area contributed by atoms with Gasteiger partial charge in [0.2, 0.25) is 0 Å². The van der Waals surface area contributed by atoms with Gasteiger partial charge < -0.3 is 15.2 Å². The Balaban J connectivity index is 2.71. The van der Waals surface area contributed by atoms with Gasteiger partial charge in [-0.1, -0.05) is 25.1 Å². The lowest BCUT2D eigenvalue weighted by Gasteiger charge is -2.28. The summed E-state index contributed by atoms with van der Waals surface area (Å²) in [5.74, 6) is -0.370. The Bertz CT molecular complexity index is 346. The smallest absolute Gasteiger partial charge is 0.129 e. The van der Waals surface area contributed by atoms with Crippen LogP contribution in [0.1, 0.15) is 18.9 Å². The van der Waals surface area contributed by atoms with E-state index < -0.39 is 5.60 Å². The number of hydrogen-bond donors (Lipinski definition) is 2. The van der Waals surface area contributed by atoms with Gasteiger partial charge >= 0.3 is 0 Å². The third-order valence-corrected chi connectivity index (χ3v) is 2.86. The normalized spacial score (nSPS) is 14.6. The summed E-state index contributed by atoms with van der Waals surface area (Å²) >= 11 is 0. The number of ether oxygens (including phenoxy) is 1. The molecule has 0 amide bonds. The van der Waals surface area contributed by atoms with Gasteiger partial charge in [-0.05, 0) is 12.5 Å². The zero-order valence-electron chi connectivity index (χ0n) is 10.4. The third kappa shape index (κ3) is 3.77. The molecule has 0 saturated carbocycles. The minimum absolute atomic E-state index is 0.313. The predicted molar refractivity (Wildman–Crippen MR) is 65.3 cm³/mol. The van der Waals surface area contributed by atoms with Crippen LogP contribution in [-0.4, -0.2) is 31.9 Å². The van der Waals surface area contributed by atoms with Crippen molar-refractivity contribution in [3.05, 3.63) is 35.6 Å². The Morgan fingerprint density at radius 3 is 2.71 bits per heavy atom. The highest BCUT2D eigenvalue weighted by atomic mass is 19.1. The van der Waals surface area contributed by atoms with Crippen LogP contribution >= 0.6 is 0 Å². The van der Waals surface area contributed by atoms with Gasteiger partial charge in [0.1, 0.15) is 11.4 Å². The molecular weight excluding hydrogens is 221 g/mol. The molecule has 1 atom stereocenters. The highest BCUT2D eigenvalue weighted by Crippen LogP contribution is 2.26. The molecule has 0 aromatic heterocycles. The number of halogens is 1. The summed E-state index contributed by atoms with van der Waals surface area (Å²) in [7, 11) is 1.62. The fourth-order valence-electron chi connectivity index (χ4n) is 1.72. The highest BCUT2D eigenvalue weighted by molar-refractivity contribution is 5.24. The second-order valence-electron chi connectivity index (χ2n) is 4.03. The van der Waals surface area contributed by atoms with Crippen molar-refractivity contribution in [1.29, 1.82) is 0 Å². The molecule has 96 valence electrons. The molecule has 0 heterocycles. The maximum Gasteiger partial charge on any atom is 0.129 e. The van der Waals surface area contributed by atoms with Crippen LogP contribution in [0.2, 0.25) is 0 Å². The van der Waals surface area contributed by atoms with Crippen molar-refractivity contribution in [2.24, 2.45) is 0 Å². The quantitative estimate of drug-likeness (QED) is 0.713. The molecule has 17 heavy (non-hydrogen) atoms. The Morgan fingerprint density at radius 2 is 2.12 bits per heavy atom. The predicted octanol–water partition coefficient (Wildman–Crippen LogP) is 1.66. The standard InChI is InChI=1S/C13H20FNO2/c1-3-13(16,10-15-8-9-17-2)11-6-4-5-7-12(11)14/h4-7,15-16H,3,8-10H2,1-2H3. The summed E-state index contributed by atoms with van der Waals surface area (Å²) < 4.78 is 18.5. The van der Waals surface area contributed by atoms with Crippen LogP contribution in [0.5, 0.6) is 0 Å². The fraction of sp³-hybridized carbons (Fsp3) is 0.538. The van der Waals surface area contributed by atoms with E-state index in [1.54, 1.807) is 25.3 Å². The highest BCUT2D eigenvalue weighted by Gasteiger charge is 2.29. The number of rotatable bonds is 7. The van der Waals surface area contributed by atoms with E-state index in [1.165, 1.54) is 6.07 Å². The molecule has 0 fully saturated rings. The van der Waals surface area contributed by atoms with Gasteiger partial charge in [-0.25, -0.2) is 4.39 Å². The summed E-state index contributed by atoms with van der Waals surface area (Å²) in [5, 5.41) is 13.5. The van der Waals surface area contributed by atoms with E-state index in [2.05, 4.69) is 5.32 Å². The van der Waals surface area contributed by atoms with Crippen LogP contribution in [0.15, 0.2) is 24.3 Å². The summed E-state index contributed by atoms with van der Waals surface area (Å²) in [4.78, 5) is 0. The minimum atomic E-state index is -1.17. The molecule has 1 aromatic carbocycles. The molecule has 0 aliphatic carbocycles. The molecule has 0 bridgehead atoms. The molecule has 2 N–H and O–H groups in total. The molecule has 3 nitrogen and oxygen atoms in total. The topological polar surface area (TPSA) is 41.5 Å². The fourth-order valence-corrected chi connectivity index (χ4v) is 1.72. The Hall–Kier alpha value is -0.970. The largest absolute Gasteiger partial charge is 0.384 e. The monoisotopic (exact) mass is 241 g/mol. The van der Waals surface area contributed by atoms with Crippen molar-refractivity contribution >= 4 is 0 Å². The second-order valence-corrected chi connectivity index (χ2v) is 4.03. The first-order valence-corrected chi connectivity index (χ1v) is 5.81. The van der Waals surface area contributed by atoms with Crippen LogP contribution < -0.4 is 5.32 Å². The van der Waals surface area contributed by atoms with E-state index in [-0.39, 0.29) is 5.82 Å². The number of nitrogens with one attached hydrogen (secondary N) is 1. The molecule has 1 aromatic rings. The molecule has 0 radical (unpaired) electrons. The van der Waals surface area contributed by atoms with Crippen molar-refractivity contribution < 1.29 is 14.2 Å². The molecule has 0 spiro atoms. The first-order chi connectivity index (χ1) is 8.14. The van der Waals surface area contributed by atoms with Gasteiger partial charge in [-0.2, -0.15) is 0 Å². The molecule has 1 rings (SSSR count). The number of aliphatic hydroxyl groups is 1. The van der Waals surface area contributed by atoms with Crippen LogP contribution in [0.3, 0.4) is 0 Å². The third-order valence-electron chi connectivity index (χ3n) is 2.86. The van der Waals surface area contributed by atoms with Gasteiger partial charge in [0, 0.05) is 25.8 Å². The lowest BCUT2D eigenvalue weighted by atomic mass is 9.90. The van der Waals surface area contributed by atoms with E-state index in [0.29, 0.717) is 31.7 Å². The van der Waals surface area contributed by atoms with Crippen molar-refractivity contribution in [2.45, 2.75) is 18.9 Å². The van der Waals surface area contributed by atoms with E-state index in [9.17, 15) is 9.50 Å². The van der Waals surface area contributed by atoms with Crippen LogP contribution in [0, 0.1) is 5.82 Å². The van der Waals surface area contributed by atoms with Crippen molar-refractivity contribution in [3.8, 4) is 0 Å². The summed E-state index contributed by atoms with van der Waals surface area (Å²) in [6.07, 6.45) is 0.452. The van der Waals surface area contributed by atoms with E-state index in [4.69, 9.17) is 4.74 Å². The molecule has 1 unspecified atom stereocenters. The van der Waals surface area contributed by atoms with Crippen molar-refractivity contribution in [1.82, 2.24) is 5.32 Å². The van der Waals surface area contributed by atoms with E-state index in [1.807, 2.05) is 6.92 Å². The number of hydrogen-bond acceptors (Lipinski definition) is 3. The number of methoxy groups -OCH3 is 1. The van der Waals surface area contributed by atoms with Crippen LogP contribution in [0.25, 0.3) is 0 Å². The lowest BCUT2D eigenvalue weighted by Crippen LogP contribution is -2.39. The Morgan fingerprint density at radius 1 is 1.41 bits per heavy atom. The van der Waals surface area contributed by atoms with Gasteiger partial charge in [-0.15, -0.1) is 0 Å². The number of benzene rings is 1. The van der Waals surface area contributed by atoms with Gasteiger partial charge in [-0.3, -0.25) is 0 Å². The van der Waals surface area contributed by atoms with Crippen LogP contribution in [0.4, 0.5) is 4.39 Å². The molecule has 4 heteroatoms. The van der Waals surface area contributed by atoms with Crippen molar-refractivity contribution in [3.63, 3.8) is 0 Å². The molecule has 0 aliphatic heterocycles. The van der Waals surface area contributed by atoms with E-state index >= 15 is 0 Å². The maximum atomic E-state index is 13.6. The SMILES string of the molecule is CCC(O)(CNCCOC)c1ccccc1F. The molecule has 0 saturated heterocycles. The minimum Gasteiger partial charge on any atom is -0.384 e. The maximum absolute atomic E-state index is 13.6. The Kier molecular flexibility index (Phi) is 5.55. The first kappa shape index (κ1) is 14.1. The van der Waals surface area contributed by atoms with Gasteiger partial charge in [0.25, 0.3) is 0 Å². The Labute approximate surface area is 102 Å². The summed E-state index contributed by atoms with van der Waals surface area (Å²) in [6, 6.07) is 6.34. The first-order valence-electron chi connectivity index (χ1n) is 5.81. The summed E-state index contributed by atoms with van der Waals surface area (Å²) in [6.45, 7) is 3.35. The van der Waals surface area contributed by atoms with Crippen molar-refractivity contribution in [2.75, 3.05) is 26.8 Å². The van der Waals surface area contributed by atoms with Gasteiger partial charge in [0.05, 0.1) is 6.61 Å². The summed E-state index contributed by atoms with van der Waals surface area (Å²) in [5.41, 5.74) is -0.827. The lowest BCUT2D eigenvalue weighted by molar-refractivity contribution is 0.0278. The average Bonchev–Trinajstić information content (AvgIpc) is 2.35. The molecule has 0 aliphatic rings. The zero-order chi connectivity index (χ0) is 12.7. The second kappa shape index (κ2) is 6.69.